The summed E-state index contributed by atoms with van der Waals surface area (Å²) in [7, 11) is -4.09. The van der Waals surface area contributed by atoms with Crippen molar-refractivity contribution in [3.63, 3.8) is 0 Å². The van der Waals surface area contributed by atoms with Gasteiger partial charge in [0.05, 0.1) is 9.85 Å². The molecule has 0 fully saturated rings. The van der Waals surface area contributed by atoms with Crippen LogP contribution in [0.4, 0.5) is 11.4 Å². The average Bonchev–Trinajstić information content (AvgIpc) is 2.47. The van der Waals surface area contributed by atoms with E-state index in [4.69, 9.17) is 0 Å². The highest BCUT2D eigenvalue weighted by Gasteiger charge is 2.22. The number of aromatic nitrogens is 2. The molecule has 0 atom stereocenters. The summed E-state index contributed by atoms with van der Waals surface area (Å²) in [5.41, 5.74) is -0.712. The Morgan fingerprint density at radius 1 is 0.810 bits per heavy atom. The van der Waals surface area contributed by atoms with Crippen molar-refractivity contribution in [1.82, 2.24) is 9.97 Å². The Kier molecular flexibility index (Phi) is 3.58. The predicted molar refractivity (Wildman–Crippen MR) is 67.2 cm³/mol. The summed E-state index contributed by atoms with van der Waals surface area (Å²) in [4.78, 5) is 26.5. The smallest absolute Gasteiger partial charge is 0.258 e. The van der Waals surface area contributed by atoms with Gasteiger partial charge in [-0.05, 0) is 12.1 Å². The molecule has 0 N–H and O–H groups in total. The average molecular weight is 310 g/mol. The monoisotopic (exact) mass is 310 g/mol. The first kappa shape index (κ1) is 14.5. The molecule has 2 rings (SSSR count). The molecular formula is C10H6N4O6S. The van der Waals surface area contributed by atoms with E-state index in [-0.39, 0.29) is 11.4 Å². The van der Waals surface area contributed by atoms with Crippen molar-refractivity contribution in [1.29, 1.82) is 0 Å². The molecule has 0 spiro atoms. The Balaban J connectivity index is 2.41. The number of hydrogen-bond donors (Lipinski definition) is 0. The largest absolute Gasteiger partial charge is 0.287 e. The molecule has 0 saturated carbocycles. The SMILES string of the molecule is O=[N+]([O-])c1ccc(S(=O)(=O)c2ccc([N+](=O)[O-])cn2)nc1. The van der Waals surface area contributed by atoms with Gasteiger partial charge < -0.3 is 0 Å². The topological polar surface area (TPSA) is 146 Å². The summed E-state index contributed by atoms with van der Waals surface area (Å²) in [5, 5.41) is 20.1. The van der Waals surface area contributed by atoms with E-state index in [9.17, 15) is 28.6 Å². The van der Waals surface area contributed by atoms with Crippen molar-refractivity contribution in [3.8, 4) is 0 Å². The van der Waals surface area contributed by atoms with Crippen LogP contribution in [0.25, 0.3) is 0 Å². The van der Waals surface area contributed by atoms with Gasteiger partial charge in [0, 0.05) is 12.1 Å². The van der Waals surface area contributed by atoms with E-state index < -0.39 is 29.7 Å². The number of rotatable bonds is 4. The van der Waals surface area contributed by atoms with E-state index in [1.807, 2.05) is 0 Å². The maximum atomic E-state index is 12.1. The van der Waals surface area contributed by atoms with E-state index in [0.717, 1.165) is 36.7 Å². The van der Waals surface area contributed by atoms with Gasteiger partial charge in [0.1, 0.15) is 12.4 Å². The van der Waals surface area contributed by atoms with E-state index in [0.29, 0.717) is 0 Å². The fraction of sp³-hybridized carbons (Fsp3) is 0. The third-order valence-corrected chi connectivity index (χ3v) is 4.00. The second kappa shape index (κ2) is 5.20. The van der Waals surface area contributed by atoms with Gasteiger partial charge in [-0.3, -0.25) is 20.2 Å². The number of nitrogens with zero attached hydrogens (tertiary/aromatic N) is 4. The van der Waals surface area contributed by atoms with E-state index >= 15 is 0 Å². The van der Waals surface area contributed by atoms with Crippen LogP contribution < -0.4 is 0 Å². The van der Waals surface area contributed by atoms with Gasteiger partial charge in [0.15, 0.2) is 10.1 Å². The second-order valence-electron chi connectivity index (χ2n) is 3.73. The third-order valence-electron chi connectivity index (χ3n) is 2.41. The lowest BCUT2D eigenvalue weighted by Gasteiger charge is -2.02. The fourth-order valence-electron chi connectivity index (χ4n) is 1.39. The molecule has 0 radical (unpaired) electrons. The molecular weight excluding hydrogens is 304 g/mol. The standard InChI is InChI=1S/C10H6N4O6S/c15-13(16)7-1-3-9(11-5-7)21(19,20)10-4-2-8(6-12-10)14(17)18/h1-6H. The first-order chi connectivity index (χ1) is 9.82. The molecule has 108 valence electrons. The molecule has 0 aliphatic heterocycles. The van der Waals surface area contributed by atoms with Crippen molar-refractivity contribution in [2.24, 2.45) is 0 Å². The van der Waals surface area contributed by atoms with Crippen LogP contribution in [0.15, 0.2) is 46.7 Å². The minimum Gasteiger partial charge on any atom is -0.258 e. The van der Waals surface area contributed by atoms with Crippen LogP contribution in [0.5, 0.6) is 0 Å². The van der Waals surface area contributed by atoms with Gasteiger partial charge in [-0.15, -0.1) is 0 Å². The Morgan fingerprint density at radius 3 is 1.43 bits per heavy atom. The number of sulfone groups is 1. The molecule has 0 saturated heterocycles. The van der Waals surface area contributed by atoms with E-state index in [2.05, 4.69) is 9.97 Å². The normalized spacial score (nSPS) is 11.0. The molecule has 10 nitrogen and oxygen atoms in total. The first-order valence-corrected chi connectivity index (χ1v) is 6.76. The molecule has 0 aromatic carbocycles. The summed E-state index contributed by atoms with van der Waals surface area (Å²) in [6.07, 6.45) is 1.61. The van der Waals surface area contributed by atoms with Gasteiger partial charge in [0.25, 0.3) is 11.4 Å². The maximum absolute atomic E-state index is 12.1. The molecule has 2 aromatic rings. The summed E-state index contributed by atoms with van der Waals surface area (Å²) in [6, 6.07) is 3.92. The third kappa shape index (κ3) is 2.81. The second-order valence-corrected chi connectivity index (χ2v) is 5.57. The molecule has 0 amide bonds. The van der Waals surface area contributed by atoms with Gasteiger partial charge in [0.2, 0.25) is 9.84 Å². The number of hydrogen-bond acceptors (Lipinski definition) is 8. The lowest BCUT2D eigenvalue weighted by atomic mass is 10.4. The van der Waals surface area contributed by atoms with Gasteiger partial charge >= 0.3 is 0 Å². The molecule has 21 heavy (non-hydrogen) atoms. The van der Waals surface area contributed by atoms with Crippen LogP contribution in [0, 0.1) is 20.2 Å². The van der Waals surface area contributed by atoms with Crippen molar-refractivity contribution in [2.75, 3.05) is 0 Å². The Morgan fingerprint density at radius 2 is 1.19 bits per heavy atom. The van der Waals surface area contributed by atoms with Gasteiger partial charge in [-0.25, -0.2) is 18.4 Å². The van der Waals surface area contributed by atoms with Crippen LogP contribution in [0.1, 0.15) is 0 Å². The van der Waals surface area contributed by atoms with Crippen molar-refractivity contribution in [3.05, 3.63) is 56.9 Å². The highest BCUT2D eigenvalue weighted by molar-refractivity contribution is 7.91. The van der Waals surface area contributed by atoms with Gasteiger partial charge in [-0.1, -0.05) is 0 Å². The molecule has 0 aliphatic rings. The minimum absolute atomic E-state index is 0.356. The number of pyridine rings is 2. The number of nitro groups is 2. The summed E-state index contributed by atoms with van der Waals surface area (Å²) in [6.45, 7) is 0. The van der Waals surface area contributed by atoms with Crippen LogP contribution in [0.3, 0.4) is 0 Å². The van der Waals surface area contributed by atoms with Crippen LogP contribution >= 0.6 is 0 Å². The summed E-state index contributed by atoms with van der Waals surface area (Å²) in [5.74, 6) is 0. The lowest BCUT2D eigenvalue weighted by Crippen LogP contribution is -2.07. The quantitative estimate of drug-likeness (QED) is 0.603. The highest BCUT2D eigenvalue weighted by Crippen LogP contribution is 2.20. The molecule has 11 heteroatoms. The fourth-order valence-corrected chi connectivity index (χ4v) is 2.48. The molecule has 0 aliphatic carbocycles. The van der Waals surface area contributed by atoms with Crippen LogP contribution in [0.2, 0.25) is 0 Å². The Labute approximate surface area is 117 Å². The molecule has 2 heterocycles. The maximum Gasteiger partial charge on any atom is 0.287 e. The zero-order chi connectivity index (χ0) is 15.6. The zero-order valence-electron chi connectivity index (χ0n) is 10.1. The Hall–Kier alpha value is -2.95. The Bertz CT molecular complexity index is 737. The summed E-state index contributed by atoms with van der Waals surface area (Å²) < 4.78 is 24.3. The van der Waals surface area contributed by atoms with Crippen molar-refractivity contribution in [2.45, 2.75) is 10.1 Å². The van der Waals surface area contributed by atoms with Crippen molar-refractivity contribution >= 4 is 21.2 Å². The van der Waals surface area contributed by atoms with E-state index in [1.165, 1.54) is 0 Å². The first-order valence-electron chi connectivity index (χ1n) is 5.28. The molecule has 2 aromatic heterocycles. The van der Waals surface area contributed by atoms with Gasteiger partial charge in [-0.2, -0.15) is 0 Å². The summed E-state index contributed by atoms with van der Waals surface area (Å²) >= 11 is 0. The predicted octanol–water partition coefficient (Wildman–Crippen LogP) is 1.13. The minimum atomic E-state index is -4.09. The van der Waals surface area contributed by atoms with Crippen molar-refractivity contribution < 1.29 is 18.3 Å². The molecule has 0 bridgehead atoms. The van der Waals surface area contributed by atoms with E-state index in [1.54, 1.807) is 0 Å². The van der Waals surface area contributed by atoms with Crippen LogP contribution in [-0.2, 0) is 9.84 Å². The van der Waals surface area contributed by atoms with Crippen LogP contribution in [-0.4, -0.2) is 28.2 Å². The zero-order valence-corrected chi connectivity index (χ0v) is 10.9. The lowest BCUT2D eigenvalue weighted by molar-refractivity contribution is -0.385. The molecule has 0 unspecified atom stereocenters. The highest BCUT2D eigenvalue weighted by atomic mass is 32.2.